The molecular formula is C33H51ClO11. The number of methoxy groups -OCH3 is 2. The molecule has 6 aliphatic rings. The molecule has 6 rings (SSSR count). The van der Waals surface area contributed by atoms with E-state index in [1.54, 1.807) is 14.0 Å². The number of allylic oxidation sites excluding steroid dienone is 2. The van der Waals surface area contributed by atoms with Crippen molar-refractivity contribution in [3.63, 3.8) is 0 Å². The molecule has 3 heterocycles. The van der Waals surface area contributed by atoms with Crippen LogP contribution in [-0.2, 0) is 33.2 Å². The topological polar surface area (TPSA) is 146 Å². The Balaban J connectivity index is 1.37. The lowest BCUT2D eigenvalue weighted by Crippen LogP contribution is -2.70. The van der Waals surface area contributed by atoms with Crippen molar-refractivity contribution in [3.8, 4) is 0 Å². The fraction of sp³-hybridized carbons (Fsp3) is 0.879. The second-order valence-electron chi connectivity index (χ2n) is 14.7. The minimum Gasteiger partial charge on any atom is -0.390 e. The minimum absolute atomic E-state index is 0.0275. The smallest absolute Gasteiger partial charge is 0.230 e. The van der Waals surface area contributed by atoms with Crippen LogP contribution in [0.4, 0.5) is 0 Å². The quantitative estimate of drug-likeness (QED) is 0.214. The van der Waals surface area contributed by atoms with E-state index in [1.807, 2.05) is 6.92 Å². The lowest BCUT2D eigenvalue weighted by atomic mass is 9.68. The molecule has 0 aromatic carbocycles. The molecule has 3 aliphatic heterocycles. The predicted octanol–water partition coefficient (Wildman–Crippen LogP) is 2.41. The average molecular weight is 659 g/mol. The maximum Gasteiger partial charge on any atom is 0.230 e. The van der Waals surface area contributed by atoms with Crippen LogP contribution in [0, 0.1) is 23.2 Å². The van der Waals surface area contributed by atoms with Crippen molar-refractivity contribution in [3.05, 3.63) is 22.8 Å². The Kier molecular flexibility index (Phi) is 9.14. The number of rotatable bonds is 9. The number of halogens is 1. The molecule has 14 unspecified atom stereocenters. The highest BCUT2D eigenvalue weighted by molar-refractivity contribution is 6.18. The maximum absolute atomic E-state index is 12.2. The van der Waals surface area contributed by atoms with Crippen molar-refractivity contribution in [1.82, 2.24) is 0 Å². The van der Waals surface area contributed by atoms with Crippen LogP contribution in [0.5, 0.6) is 0 Å². The van der Waals surface area contributed by atoms with Gasteiger partial charge in [-0.05, 0) is 61.5 Å². The molecule has 45 heavy (non-hydrogen) atoms. The third-order valence-electron chi connectivity index (χ3n) is 11.6. The normalized spacial score (nSPS) is 49.9. The van der Waals surface area contributed by atoms with Gasteiger partial charge in [0.15, 0.2) is 12.6 Å². The van der Waals surface area contributed by atoms with Crippen LogP contribution in [0.25, 0.3) is 0 Å². The summed E-state index contributed by atoms with van der Waals surface area (Å²) in [7, 11) is 3.12. The summed E-state index contributed by atoms with van der Waals surface area (Å²) in [5.41, 5.74) is 0.207. The second-order valence-corrected chi connectivity index (χ2v) is 15.1. The molecule has 2 bridgehead atoms. The first-order valence-corrected chi connectivity index (χ1v) is 16.8. The average Bonchev–Trinajstić information content (AvgIpc) is 3.72. The molecule has 11 nitrogen and oxygen atoms in total. The summed E-state index contributed by atoms with van der Waals surface area (Å²) in [6.45, 7) is 10.3. The summed E-state index contributed by atoms with van der Waals surface area (Å²) in [6.07, 6.45) is -3.25. The monoisotopic (exact) mass is 658 g/mol. The van der Waals surface area contributed by atoms with Crippen molar-refractivity contribution in [2.75, 3.05) is 33.3 Å². The summed E-state index contributed by atoms with van der Waals surface area (Å²) >= 11 is 5.98. The minimum atomic E-state index is -1.56. The number of aliphatic hydroxyl groups is 4. The van der Waals surface area contributed by atoms with Gasteiger partial charge in [-0.1, -0.05) is 39.3 Å². The van der Waals surface area contributed by atoms with E-state index >= 15 is 0 Å². The third-order valence-corrected chi connectivity index (χ3v) is 11.8. The number of alkyl halides is 1. The van der Waals surface area contributed by atoms with Gasteiger partial charge >= 0.3 is 0 Å². The Bertz CT molecular complexity index is 1200. The van der Waals surface area contributed by atoms with Gasteiger partial charge in [-0.15, -0.1) is 11.6 Å². The van der Waals surface area contributed by atoms with Crippen LogP contribution in [0.1, 0.15) is 60.3 Å². The van der Waals surface area contributed by atoms with Crippen molar-refractivity contribution >= 4 is 11.6 Å². The third kappa shape index (κ3) is 5.11. The van der Waals surface area contributed by atoms with Gasteiger partial charge in [-0.25, -0.2) is 0 Å². The number of aliphatic hydroxyl groups excluding tert-OH is 3. The van der Waals surface area contributed by atoms with Crippen molar-refractivity contribution in [1.29, 1.82) is 0 Å². The zero-order valence-electron chi connectivity index (χ0n) is 27.4. The van der Waals surface area contributed by atoms with E-state index in [4.69, 9.17) is 44.8 Å². The highest BCUT2D eigenvalue weighted by atomic mass is 35.5. The van der Waals surface area contributed by atoms with Crippen molar-refractivity contribution in [2.45, 2.75) is 126 Å². The summed E-state index contributed by atoms with van der Waals surface area (Å²) in [4.78, 5) is 0. The van der Waals surface area contributed by atoms with Gasteiger partial charge in [0.2, 0.25) is 5.79 Å². The lowest BCUT2D eigenvalue weighted by molar-refractivity contribution is -0.389. The molecular weight excluding hydrogens is 608 g/mol. The van der Waals surface area contributed by atoms with Gasteiger partial charge < -0.3 is 53.6 Å². The van der Waals surface area contributed by atoms with E-state index in [2.05, 4.69) is 26.8 Å². The van der Waals surface area contributed by atoms with Gasteiger partial charge in [0.25, 0.3) is 0 Å². The number of fused-ring (bicyclic) bond motifs is 3. The Morgan fingerprint density at radius 1 is 1.09 bits per heavy atom. The molecule has 3 aliphatic carbocycles. The Morgan fingerprint density at radius 2 is 1.82 bits per heavy atom. The molecule has 14 atom stereocenters. The molecule has 1 saturated carbocycles. The fourth-order valence-corrected chi connectivity index (χ4v) is 9.27. The summed E-state index contributed by atoms with van der Waals surface area (Å²) in [5, 5.41) is 46.3. The van der Waals surface area contributed by atoms with E-state index < -0.39 is 71.6 Å². The summed E-state index contributed by atoms with van der Waals surface area (Å²) in [5.74, 6) is -1.83. The van der Waals surface area contributed by atoms with E-state index in [0.717, 1.165) is 24.0 Å². The second kappa shape index (κ2) is 12.0. The highest BCUT2D eigenvalue weighted by Crippen LogP contribution is 2.58. The molecule has 0 aromatic rings. The van der Waals surface area contributed by atoms with E-state index in [1.165, 1.54) is 12.7 Å². The summed E-state index contributed by atoms with van der Waals surface area (Å²) < 4.78 is 42.9. The predicted molar refractivity (Wildman–Crippen MR) is 162 cm³/mol. The van der Waals surface area contributed by atoms with Gasteiger partial charge in [-0.2, -0.15) is 0 Å². The Labute approximate surface area is 270 Å². The van der Waals surface area contributed by atoms with Crippen LogP contribution in [0.2, 0.25) is 0 Å². The zero-order chi connectivity index (χ0) is 32.7. The molecule has 4 N–H and O–H groups in total. The Hall–Kier alpha value is -0.670. The first kappa shape index (κ1) is 34.2. The van der Waals surface area contributed by atoms with E-state index in [0.29, 0.717) is 12.8 Å². The first-order valence-electron chi connectivity index (χ1n) is 16.3. The number of ether oxygens (including phenoxy) is 7. The van der Waals surface area contributed by atoms with Crippen molar-refractivity contribution < 1.29 is 53.6 Å². The van der Waals surface area contributed by atoms with Gasteiger partial charge in [0.05, 0.1) is 25.2 Å². The molecule has 0 radical (unpaired) electrons. The molecule has 4 fully saturated rings. The number of hydrogen-bond donors (Lipinski definition) is 4. The number of hydrogen-bond acceptors (Lipinski definition) is 11. The molecule has 0 aromatic heterocycles. The SMILES string of the molecule is COCC1OC(OC2C3=C(C(C)C)CCC3(C)C=C3C(CCC3(O)COC)C(C)C2O)C(O)C2OC3OC12OC3(C)C(O)CCl. The van der Waals surface area contributed by atoms with Crippen LogP contribution in [-0.4, -0.2) is 120 Å². The molecule has 12 heteroatoms. The van der Waals surface area contributed by atoms with E-state index in [9.17, 15) is 20.4 Å². The molecule has 0 amide bonds. The van der Waals surface area contributed by atoms with Gasteiger partial charge in [-0.3, -0.25) is 0 Å². The molecule has 256 valence electrons. The summed E-state index contributed by atoms with van der Waals surface area (Å²) in [6, 6.07) is 0. The van der Waals surface area contributed by atoms with Gasteiger partial charge in [0, 0.05) is 19.6 Å². The molecule has 3 saturated heterocycles. The lowest BCUT2D eigenvalue weighted by Gasteiger charge is -2.51. The maximum atomic E-state index is 12.2. The van der Waals surface area contributed by atoms with Crippen LogP contribution >= 0.6 is 11.6 Å². The van der Waals surface area contributed by atoms with E-state index in [-0.39, 0.29) is 36.8 Å². The first-order chi connectivity index (χ1) is 21.2. The van der Waals surface area contributed by atoms with Crippen LogP contribution < -0.4 is 0 Å². The standard InChI is InChI=1S/C33H51ClO11/c1-16(2)18-8-10-30(4)12-20-19(9-11-32(20,38)15-40-7)17(3)24(36)26(23(18)30)42-28-25(37)27-33(22(41-28)14-39-6)44-29(43-27)31(5,45-33)21(35)13-34/h12,16-17,19,21-22,24-29,35-38H,8-11,13-15H2,1-7H3. The molecule has 1 spiro atoms. The zero-order valence-corrected chi connectivity index (χ0v) is 28.2. The van der Waals surface area contributed by atoms with Crippen LogP contribution in [0.15, 0.2) is 22.8 Å². The highest BCUT2D eigenvalue weighted by Gasteiger charge is 2.75. The van der Waals surface area contributed by atoms with Gasteiger partial charge in [0.1, 0.15) is 41.7 Å². The van der Waals surface area contributed by atoms with Crippen LogP contribution in [0.3, 0.4) is 0 Å². The fourth-order valence-electron chi connectivity index (χ4n) is 8.97. The Morgan fingerprint density at radius 3 is 2.47 bits per heavy atom. The largest absolute Gasteiger partial charge is 0.390 e. The van der Waals surface area contributed by atoms with Crippen molar-refractivity contribution in [2.24, 2.45) is 23.2 Å².